The molecule has 0 saturated heterocycles. The van der Waals surface area contributed by atoms with Crippen molar-refractivity contribution in [2.24, 2.45) is 15.9 Å². The van der Waals surface area contributed by atoms with Gasteiger partial charge in [0.2, 0.25) is 0 Å². The molecule has 0 saturated carbocycles. The zero-order valence-electron chi connectivity index (χ0n) is 12.3. The summed E-state index contributed by atoms with van der Waals surface area (Å²) in [6, 6.07) is 5.42. The maximum absolute atomic E-state index is 12.0. The van der Waals surface area contributed by atoms with E-state index in [1.54, 1.807) is 19.1 Å². The number of carbonyl (C=O) groups excluding carboxylic acids is 1. The molecule has 0 aromatic heterocycles. The molecule has 1 heterocycles. The van der Waals surface area contributed by atoms with Crippen LogP contribution in [0.2, 0.25) is 0 Å². The molecule has 2 rings (SSSR count). The Morgan fingerprint density at radius 3 is 2.41 bits per heavy atom. The summed E-state index contributed by atoms with van der Waals surface area (Å²) < 4.78 is 9.84. The molecule has 22 heavy (non-hydrogen) atoms. The number of nitrogens with zero attached hydrogens (tertiary/aromatic N) is 3. The van der Waals surface area contributed by atoms with Gasteiger partial charge in [-0.15, -0.1) is 0 Å². The molecule has 8 nitrogen and oxygen atoms in total. The highest BCUT2D eigenvalue weighted by Gasteiger charge is 2.36. The average Bonchev–Trinajstić information content (AvgIpc) is 2.53. The summed E-state index contributed by atoms with van der Waals surface area (Å²) in [5.41, 5.74) is 1.13. The van der Waals surface area contributed by atoms with Crippen LogP contribution in [0.25, 0.3) is 0 Å². The summed E-state index contributed by atoms with van der Waals surface area (Å²) in [6.45, 7) is 1.69. The molecule has 0 radical (unpaired) electrons. The van der Waals surface area contributed by atoms with Gasteiger partial charge in [-0.1, -0.05) is 12.1 Å². The minimum Gasteiger partial charge on any atom is -0.468 e. The highest BCUT2D eigenvalue weighted by atomic mass is 16.6. The van der Waals surface area contributed by atoms with Crippen molar-refractivity contribution >= 4 is 23.4 Å². The zero-order chi connectivity index (χ0) is 16.3. The summed E-state index contributed by atoms with van der Waals surface area (Å²) in [6.07, 6.45) is 0. The Bertz CT molecular complexity index is 651. The molecule has 8 heteroatoms. The van der Waals surface area contributed by atoms with Crippen LogP contribution >= 0.6 is 0 Å². The molecule has 0 amide bonds. The molecule has 2 atom stereocenters. The van der Waals surface area contributed by atoms with E-state index >= 15 is 0 Å². The third-order valence-electron chi connectivity index (χ3n) is 3.37. The molecular weight excluding hydrogens is 290 g/mol. The van der Waals surface area contributed by atoms with Gasteiger partial charge in [0.1, 0.15) is 5.92 Å². The molecule has 0 N–H and O–H groups in total. The largest absolute Gasteiger partial charge is 0.468 e. The summed E-state index contributed by atoms with van der Waals surface area (Å²) >= 11 is 0. The van der Waals surface area contributed by atoms with Gasteiger partial charge in [-0.25, -0.2) is 9.98 Å². The van der Waals surface area contributed by atoms with Crippen molar-refractivity contribution in [3.8, 4) is 0 Å². The fraction of sp³-hybridized carbons (Fsp3) is 0.357. The normalized spacial score (nSPS) is 20.7. The number of non-ortho nitro benzene ring substituents is 1. The summed E-state index contributed by atoms with van der Waals surface area (Å²) in [4.78, 5) is 30.6. The minimum absolute atomic E-state index is 0.0319. The van der Waals surface area contributed by atoms with Crippen molar-refractivity contribution in [2.45, 2.75) is 13.0 Å². The molecule has 0 bridgehead atoms. The first-order chi connectivity index (χ1) is 10.5. The van der Waals surface area contributed by atoms with Gasteiger partial charge < -0.3 is 9.47 Å². The number of rotatable bonds is 3. The quantitative estimate of drug-likeness (QED) is 0.482. The number of hydrogen-bond acceptors (Lipinski definition) is 7. The Morgan fingerprint density at radius 1 is 1.27 bits per heavy atom. The lowest BCUT2D eigenvalue weighted by Crippen LogP contribution is -2.33. The molecule has 1 aliphatic heterocycles. The van der Waals surface area contributed by atoms with E-state index in [4.69, 9.17) is 9.47 Å². The first kappa shape index (κ1) is 15.6. The molecule has 1 aromatic rings. The van der Waals surface area contributed by atoms with Crippen LogP contribution in [-0.4, -0.2) is 36.8 Å². The molecule has 0 aliphatic carbocycles. The summed E-state index contributed by atoms with van der Waals surface area (Å²) in [5.74, 6) is -1.16. The van der Waals surface area contributed by atoms with Gasteiger partial charge in [-0.3, -0.25) is 14.9 Å². The summed E-state index contributed by atoms with van der Waals surface area (Å²) in [7, 11) is 2.72. The number of nitro benzene ring substituents is 1. The Balaban J connectivity index is 2.43. The maximum Gasteiger partial charge on any atom is 0.316 e. The number of carbonyl (C=O) groups is 1. The lowest BCUT2D eigenvalue weighted by atomic mass is 9.89. The molecule has 1 aliphatic rings. The number of methoxy groups -OCH3 is 2. The molecular formula is C14H15N3O5. The number of hydrogen-bond donors (Lipinski definition) is 0. The van der Waals surface area contributed by atoms with E-state index in [0.29, 0.717) is 11.3 Å². The van der Waals surface area contributed by atoms with Crippen LogP contribution in [0.3, 0.4) is 0 Å². The Labute approximate surface area is 126 Å². The van der Waals surface area contributed by atoms with E-state index in [2.05, 4.69) is 9.98 Å². The first-order valence-electron chi connectivity index (χ1n) is 6.47. The predicted octanol–water partition coefficient (Wildman–Crippen LogP) is 1.90. The highest BCUT2D eigenvalue weighted by Crippen LogP contribution is 2.32. The number of aliphatic imine (C=N–C) groups is 2. The van der Waals surface area contributed by atoms with Crippen molar-refractivity contribution in [3.63, 3.8) is 0 Å². The number of amidine groups is 1. The van der Waals surface area contributed by atoms with E-state index in [9.17, 15) is 14.9 Å². The van der Waals surface area contributed by atoms with E-state index in [1.165, 1.54) is 26.4 Å². The van der Waals surface area contributed by atoms with Gasteiger partial charge in [-0.2, -0.15) is 0 Å². The summed E-state index contributed by atoms with van der Waals surface area (Å²) in [5, 5.41) is 10.7. The van der Waals surface area contributed by atoms with Gasteiger partial charge in [0.25, 0.3) is 5.69 Å². The Kier molecular flexibility index (Phi) is 4.50. The number of benzene rings is 1. The van der Waals surface area contributed by atoms with Crippen LogP contribution in [0.1, 0.15) is 18.5 Å². The van der Waals surface area contributed by atoms with Crippen molar-refractivity contribution in [3.05, 3.63) is 39.9 Å². The smallest absolute Gasteiger partial charge is 0.316 e. The predicted molar refractivity (Wildman–Crippen MR) is 78.9 cm³/mol. The lowest BCUT2D eigenvalue weighted by Gasteiger charge is -2.25. The molecule has 2 unspecified atom stereocenters. The lowest BCUT2D eigenvalue weighted by molar-refractivity contribution is -0.384. The minimum atomic E-state index is -0.689. The third-order valence-corrected chi connectivity index (χ3v) is 3.37. The van der Waals surface area contributed by atoms with Crippen LogP contribution in [0.5, 0.6) is 0 Å². The van der Waals surface area contributed by atoms with Crippen LogP contribution in [0.4, 0.5) is 5.69 Å². The van der Waals surface area contributed by atoms with Gasteiger partial charge in [-0.05, 0) is 12.5 Å². The second-order valence-corrected chi connectivity index (χ2v) is 4.66. The van der Waals surface area contributed by atoms with Gasteiger partial charge >= 0.3 is 12.0 Å². The maximum atomic E-state index is 12.0. The van der Waals surface area contributed by atoms with Gasteiger partial charge in [0.05, 0.1) is 25.2 Å². The molecule has 1 aromatic carbocycles. The zero-order valence-corrected chi connectivity index (χ0v) is 12.3. The Hall–Kier alpha value is -2.77. The SMILES string of the molecule is COC(=O)C1C(C)=NC(OC)=NC1c1ccc([N+](=O)[O-])cc1. The molecule has 116 valence electrons. The van der Waals surface area contributed by atoms with Crippen LogP contribution < -0.4 is 0 Å². The standard InChI is InChI=1S/C14H15N3O5/c1-8-11(13(18)21-2)12(16-14(15-8)22-3)9-4-6-10(7-5-9)17(19)20/h4-7,11-12H,1-3H3. The van der Waals surface area contributed by atoms with E-state index < -0.39 is 22.9 Å². The van der Waals surface area contributed by atoms with Gasteiger partial charge in [0.15, 0.2) is 0 Å². The second kappa shape index (κ2) is 6.33. The second-order valence-electron chi connectivity index (χ2n) is 4.66. The van der Waals surface area contributed by atoms with Crippen LogP contribution in [0, 0.1) is 16.0 Å². The van der Waals surface area contributed by atoms with Crippen molar-refractivity contribution in [2.75, 3.05) is 14.2 Å². The van der Waals surface area contributed by atoms with Gasteiger partial charge in [0, 0.05) is 17.8 Å². The van der Waals surface area contributed by atoms with Crippen molar-refractivity contribution < 1.29 is 19.2 Å². The van der Waals surface area contributed by atoms with Crippen LogP contribution in [-0.2, 0) is 14.3 Å². The fourth-order valence-electron chi connectivity index (χ4n) is 2.26. The van der Waals surface area contributed by atoms with E-state index in [-0.39, 0.29) is 11.7 Å². The molecule has 0 spiro atoms. The monoisotopic (exact) mass is 305 g/mol. The topological polar surface area (TPSA) is 103 Å². The van der Waals surface area contributed by atoms with E-state index in [1.807, 2.05) is 0 Å². The first-order valence-corrected chi connectivity index (χ1v) is 6.47. The Morgan fingerprint density at radius 2 is 1.91 bits per heavy atom. The van der Waals surface area contributed by atoms with Crippen molar-refractivity contribution in [1.29, 1.82) is 0 Å². The number of ether oxygens (including phenoxy) is 2. The van der Waals surface area contributed by atoms with E-state index in [0.717, 1.165) is 0 Å². The third kappa shape index (κ3) is 2.95. The number of esters is 1. The highest BCUT2D eigenvalue weighted by molar-refractivity contribution is 6.07. The van der Waals surface area contributed by atoms with Crippen molar-refractivity contribution in [1.82, 2.24) is 0 Å². The fourth-order valence-corrected chi connectivity index (χ4v) is 2.26. The van der Waals surface area contributed by atoms with Crippen LogP contribution in [0.15, 0.2) is 34.3 Å². The number of nitro groups is 1. The average molecular weight is 305 g/mol. The molecule has 0 fully saturated rings.